The number of ether oxygens (including phenoxy) is 3. The number of hydrogen-bond acceptors (Lipinski definition) is 8. The van der Waals surface area contributed by atoms with Crippen molar-refractivity contribution < 1.29 is 33.4 Å². The summed E-state index contributed by atoms with van der Waals surface area (Å²) in [6.45, 7) is 8.03. The van der Waals surface area contributed by atoms with E-state index in [2.05, 4.69) is 19.8 Å². The summed E-state index contributed by atoms with van der Waals surface area (Å²) in [5.41, 5.74) is -0.543. The number of nitrogens with one attached hydrogen (secondary N) is 2. The van der Waals surface area contributed by atoms with Crippen LogP contribution < -0.4 is 5.32 Å². The second-order valence-electron chi connectivity index (χ2n) is 6.62. The number of aromatic amines is 1. The topological polar surface area (TPSA) is 124 Å². The zero-order valence-corrected chi connectivity index (χ0v) is 16.4. The highest BCUT2D eigenvalue weighted by molar-refractivity contribution is 6.14. The number of aromatic nitrogens is 1. The number of esters is 3. The molecule has 0 spiro atoms. The SMILES string of the molecule is COC(=O)C(=CNc1c(C(C)=O)[nH]c(C)c1C(=O)OC(C)(C)C)C(=O)OC. The molecule has 2 N–H and O–H groups in total. The van der Waals surface area contributed by atoms with Gasteiger partial charge in [-0.25, -0.2) is 14.4 Å². The fourth-order valence-electron chi connectivity index (χ4n) is 2.18. The Bertz CT molecular complexity index is 779. The molecule has 0 aliphatic carbocycles. The number of Topliss-reactive ketones (excluding diaryl/α,β-unsaturated/α-hetero) is 1. The third-order valence-electron chi connectivity index (χ3n) is 3.31. The van der Waals surface area contributed by atoms with Gasteiger partial charge in [-0.1, -0.05) is 0 Å². The lowest BCUT2D eigenvalue weighted by Crippen LogP contribution is -2.24. The summed E-state index contributed by atoms with van der Waals surface area (Å²) in [6, 6.07) is 0. The number of rotatable bonds is 6. The van der Waals surface area contributed by atoms with Gasteiger partial charge in [-0.2, -0.15) is 0 Å². The molecular formula is C18H24N2O7. The zero-order chi connectivity index (χ0) is 20.9. The lowest BCUT2D eigenvalue weighted by Gasteiger charge is -2.20. The van der Waals surface area contributed by atoms with Crippen LogP contribution in [0.25, 0.3) is 0 Å². The van der Waals surface area contributed by atoms with Gasteiger partial charge < -0.3 is 24.5 Å². The molecule has 0 fully saturated rings. The summed E-state index contributed by atoms with van der Waals surface area (Å²) in [5.74, 6) is -2.91. The van der Waals surface area contributed by atoms with Gasteiger partial charge in [0.05, 0.1) is 19.9 Å². The van der Waals surface area contributed by atoms with Crippen molar-refractivity contribution in [2.45, 2.75) is 40.2 Å². The number of anilines is 1. The second kappa shape index (κ2) is 8.52. The van der Waals surface area contributed by atoms with Crippen LogP contribution in [0.2, 0.25) is 0 Å². The van der Waals surface area contributed by atoms with E-state index in [-0.39, 0.29) is 22.7 Å². The van der Waals surface area contributed by atoms with Gasteiger partial charge in [0.2, 0.25) is 0 Å². The van der Waals surface area contributed by atoms with E-state index in [1.165, 1.54) is 6.92 Å². The number of H-pyrrole nitrogens is 1. The van der Waals surface area contributed by atoms with Crippen molar-refractivity contribution in [1.29, 1.82) is 0 Å². The van der Waals surface area contributed by atoms with E-state index in [1.54, 1.807) is 27.7 Å². The van der Waals surface area contributed by atoms with Gasteiger partial charge in [0, 0.05) is 18.8 Å². The summed E-state index contributed by atoms with van der Waals surface area (Å²) in [4.78, 5) is 50.8. The average molecular weight is 380 g/mol. The smallest absolute Gasteiger partial charge is 0.346 e. The lowest BCUT2D eigenvalue weighted by molar-refractivity contribution is -0.144. The Morgan fingerprint density at radius 1 is 1.04 bits per heavy atom. The number of methoxy groups -OCH3 is 2. The molecule has 0 saturated carbocycles. The molecule has 9 heteroatoms. The summed E-state index contributed by atoms with van der Waals surface area (Å²) in [5, 5.41) is 2.66. The predicted molar refractivity (Wildman–Crippen MR) is 96.4 cm³/mol. The summed E-state index contributed by atoms with van der Waals surface area (Å²) in [6.07, 6.45) is 1.01. The molecule has 9 nitrogen and oxygen atoms in total. The predicted octanol–water partition coefficient (Wildman–Crippen LogP) is 2.12. The maximum atomic E-state index is 12.6. The zero-order valence-electron chi connectivity index (χ0n) is 16.4. The third kappa shape index (κ3) is 5.44. The average Bonchev–Trinajstić information content (AvgIpc) is 2.89. The molecule has 1 heterocycles. The molecule has 1 aromatic rings. The first kappa shape index (κ1) is 21.9. The molecule has 0 saturated heterocycles. The molecule has 27 heavy (non-hydrogen) atoms. The Labute approximate surface area is 157 Å². The minimum Gasteiger partial charge on any atom is -0.465 e. The van der Waals surface area contributed by atoms with E-state index in [0.29, 0.717) is 5.69 Å². The lowest BCUT2D eigenvalue weighted by atomic mass is 10.1. The van der Waals surface area contributed by atoms with Crippen molar-refractivity contribution in [2.75, 3.05) is 19.5 Å². The summed E-state index contributed by atoms with van der Waals surface area (Å²) < 4.78 is 14.4. The Hall–Kier alpha value is -3.10. The van der Waals surface area contributed by atoms with E-state index in [4.69, 9.17) is 4.74 Å². The van der Waals surface area contributed by atoms with Crippen molar-refractivity contribution in [3.63, 3.8) is 0 Å². The molecule has 148 valence electrons. The van der Waals surface area contributed by atoms with Crippen LogP contribution >= 0.6 is 0 Å². The van der Waals surface area contributed by atoms with Crippen LogP contribution in [0.4, 0.5) is 5.69 Å². The largest absolute Gasteiger partial charge is 0.465 e. The number of hydrogen-bond donors (Lipinski definition) is 2. The molecule has 1 aromatic heterocycles. The molecule has 0 amide bonds. The van der Waals surface area contributed by atoms with Crippen LogP contribution in [0, 0.1) is 6.92 Å². The molecule has 0 atom stereocenters. The van der Waals surface area contributed by atoms with Gasteiger partial charge in [0.15, 0.2) is 11.4 Å². The summed E-state index contributed by atoms with van der Waals surface area (Å²) >= 11 is 0. The van der Waals surface area contributed by atoms with Crippen molar-refractivity contribution >= 4 is 29.4 Å². The van der Waals surface area contributed by atoms with Gasteiger partial charge >= 0.3 is 17.9 Å². The number of ketones is 1. The molecule has 1 rings (SSSR count). The van der Waals surface area contributed by atoms with Crippen molar-refractivity contribution in [1.82, 2.24) is 4.98 Å². The van der Waals surface area contributed by atoms with Crippen LogP contribution in [-0.2, 0) is 23.8 Å². The van der Waals surface area contributed by atoms with Gasteiger partial charge in [0.1, 0.15) is 16.9 Å². The minimum absolute atomic E-state index is 0.0829. The summed E-state index contributed by atoms with van der Waals surface area (Å²) in [7, 11) is 2.21. The van der Waals surface area contributed by atoms with E-state index in [1.807, 2.05) is 0 Å². The standard InChI is InChI=1S/C18H24N2O7/c1-9-12(17(24)27-18(3,4)5)14(13(20-9)10(2)21)19-8-11(15(22)25-6)16(23)26-7/h8,19-20H,1-7H3. The van der Waals surface area contributed by atoms with Crippen molar-refractivity contribution in [3.8, 4) is 0 Å². The quantitative estimate of drug-likeness (QED) is 0.192. The van der Waals surface area contributed by atoms with Gasteiger partial charge in [-0.3, -0.25) is 4.79 Å². The molecule has 0 aliphatic rings. The fourth-order valence-corrected chi connectivity index (χ4v) is 2.18. The first-order valence-electron chi connectivity index (χ1n) is 8.03. The highest BCUT2D eigenvalue weighted by Crippen LogP contribution is 2.28. The van der Waals surface area contributed by atoms with Crippen LogP contribution in [0.3, 0.4) is 0 Å². The van der Waals surface area contributed by atoms with Gasteiger partial charge in [-0.15, -0.1) is 0 Å². The molecule has 0 aromatic carbocycles. The van der Waals surface area contributed by atoms with Crippen LogP contribution in [0.1, 0.15) is 54.2 Å². The number of aryl methyl sites for hydroxylation is 1. The van der Waals surface area contributed by atoms with Crippen LogP contribution in [0.15, 0.2) is 11.8 Å². The second-order valence-corrected chi connectivity index (χ2v) is 6.62. The van der Waals surface area contributed by atoms with Crippen molar-refractivity contribution in [2.24, 2.45) is 0 Å². The minimum atomic E-state index is -0.940. The first-order chi connectivity index (χ1) is 12.4. The van der Waals surface area contributed by atoms with E-state index in [0.717, 1.165) is 20.4 Å². The van der Waals surface area contributed by atoms with Gasteiger partial charge in [-0.05, 0) is 27.7 Å². The van der Waals surface area contributed by atoms with E-state index in [9.17, 15) is 19.2 Å². The highest BCUT2D eigenvalue weighted by atomic mass is 16.6. The van der Waals surface area contributed by atoms with Crippen molar-refractivity contribution in [3.05, 3.63) is 28.7 Å². The fraction of sp³-hybridized carbons (Fsp3) is 0.444. The Morgan fingerprint density at radius 3 is 1.96 bits per heavy atom. The maximum Gasteiger partial charge on any atom is 0.346 e. The Morgan fingerprint density at radius 2 is 1.56 bits per heavy atom. The Kier molecular flexibility index (Phi) is 6.93. The normalized spacial score (nSPS) is 10.6. The molecule has 0 bridgehead atoms. The highest BCUT2D eigenvalue weighted by Gasteiger charge is 2.28. The maximum absolute atomic E-state index is 12.6. The monoisotopic (exact) mass is 380 g/mol. The van der Waals surface area contributed by atoms with Crippen LogP contribution in [-0.4, -0.2) is 48.5 Å². The third-order valence-corrected chi connectivity index (χ3v) is 3.31. The van der Waals surface area contributed by atoms with Gasteiger partial charge in [0.25, 0.3) is 0 Å². The molecular weight excluding hydrogens is 356 g/mol. The first-order valence-corrected chi connectivity index (χ1v) is 8.03. The van der Waals surface area contributed by atoms with E-state index >= 15 is 0 Å². The number of carbonyl (C=O) groups excluding carboxylic acids is 4. The van der Waals surface area contributed by atoms with E-state index < -0.39 is 29.1 Å². The number of carbonyl (C=O) groups is 4. The molecule has 0 unspecified atom stereocenters. The van der Waals surface area contributed by atoms with Crippen LogP contribution in [0.5, 0.6) is 0 Å². The molecule has 0 radical (unpaired) electrons. The molecule has 0 aliphatic heterocycles. The Balaban J connectivity index is 3.45.